The van der Waals surface area contributed by atoms with Gasteiger partial charge in [0.15, 0.2) is 15.0 Å². The average molecular weight is 585 g/mol. The van der Waals surface area contributed by atoms with Crippen LogP contribution in [0.15, 0.2) is 53.5 Å². The van der Waals surface area contributed by atoms with Crippen molar-refractivity contribution < 1.29 is 22.7 Å². The molecule has 0 aliphatic carbocycles. The number of carbonyl (C=O) groups excluding carboxylic acids is 2. The van der Waals surface area contributed by atoms with Crippen LogP contribution in [0.3, 0.4) is 0 Å². The lowest BCUT2D eigenvalue weighted by Crippen LogP contribution is -2.45. The van der Waals surface area contributed by atoms with Crippen molar-refractivity contribution in [3.8, 4) is 0 Å². The number of fused-ring (bicyclic) bond motifs is 1. The van der Waals surface area contributed by atoms with Crippen LogP contribution in [0.2, 0.25) is 10.0 Å². The number of sulfone groups is 1. The lowest BCUT2D eigenvalue weighted by molar-refractivity contribution is -0.119. The number of anilines is 1. The van der Waals surface area contributed by atoms with E-state index in [4.69, 9.17) is 27.9 Å². The van der Waals surface area contributed by atoms with Crippen molar-refractivity contribution in [2.24, 2.45) is 4.99 Å². The van der Waals surface area contributed by atoms with Crippen LogP contribution in [0.5, 0.6) is 0 Å². The molecule has 2 amide bonds. The standard InChI is InChI=1S/C25H27Cl2N3O5S2/c1-25(2,3)35-24(32)28-18(11-15-7-5-4-6-8-15)22(31)29-23-30(19-12-16(26)9-10-17(19)27)20-13-37(33,34)14-21(20)36-23/h4-10,12,18,20-21H,11,13-14H2,1-3H3,(H,28,32)/t18-,20+,21-/m1/s1. The summed E-state index contributed by atoms with van der Waals surface area (Å²) in [6.45, 7) is 5.19. The molecule has 0 bridgehead atoms. The van der Waals surface area contributed by atoms with Gasteiger partial charge in [-0.15, -0.1) is 0 Å². The van der Waals surface area contributed by atoms with E-state index in [1.54, 1.807) is 43.9 Å². The molecule has 2 aromatic carbocycles. The third-order valence-corrected chi connectivity index (χ3v) is 9.48. The molecule has 2 saturated heterocycles. The van der Waals surface area contributed by atoms with Crippen LogP contribution < -0.4 is 10.2 Å². The second kappa shape index (κ2) is 10.8. The van der Waals surface area contributed by atoms with E-state index in [0.29, 0.717) is 20.9 Å². The normalized spacial score (nSPS) is 22.5. The van der Waals surface area contributed by atoms with Crippen LogP contribution in [0.1, 0.15) is 26.3 Å². The van der Waals surface area contributed by atoms with Crippen LogP contribution in [0, 0.1) is 0 Å². The maximum atomic E-state index is 13.5. The highest BCUT2D eigenvalue weighted by Gasteiger charge is 2.50. The molecule has 2 aromatic rings. The molecular formula is C25H27Cl2N3O5S2. The van der Waals surface area contributed by atoms with Gasteiger partial charge in [-0.3, -0.25) is 4.79 Å². The third kappa shape index (κ3) is 6.98. The van der Waals surface area contributed by atoms with Gasteiger partial charge in [0.1, 0.15) is 11.6 Å². The van der Waals surface area contributed by atoms with Gasteiger partial charge in [0.25, 0.3) is 5.91 Å². The number of carbonyl (C=O) groups is 2. The molecule has 2 fully saturated rings. The number of ether oxygens (including phenoxy) is 1. The number of hydrogen-bond acceptors (Lipinski definition) is 6. The van der Waals surface area contributed by atoms with E-state index in [0.717, 1.165) is 5.56 Å². The van der Waals surface area contributed by atoms with Crippen molar-refractivity contribution in [1.82, 2.24) is 5.32 Å². The fourth-order valence-corrected chi connectivity index (χ4v) is 8.48. The number of hydrogen-bond donors (Lipinski definition) is 1. The number of nitrogens with zero attached hydrogens (tertiary/aromatic N) is 2. The van der Waals surface area contributed by atoms with Gasteiger partial charge < -0.3 is 15.0 Å². The average Bonchev–Trinajstić information content (AvgIpc) is 3.25. The van der Waals surface area contributed by atoms with E-state index < -0.39 is 39.5 Å². The van der Waals surface area contributed by atoms with E-state index in [1.165, 1.54) is 11.8 Å². The van der Waals surface area contributed by atoms with E-state index >= 15 is 0 Å². The van der Waals surface area contributed by atoms with E-state index in [1.807, 2.05) is 30.3 Å². The van der Waals surface area contributed by atoms with Crippen molar-refractivity contribution >= 4 is 67.7 Å². The van der Waals surface area contributed by atoms with Crippen LogP contribution in [0.4, 0.5) is 10.5 Å². The predicted octanol–water partition coefficient (Wildman–Crippen LogP) is 4.73. The molecule has 0 unspecified atom stereocenters. The minimum Gasteiger partial charge on any atom is -0.444 e. The summed E-state index contributed by atoms with van der Waals surface area (Å²) < 4.78 is 30.1. The Morgan fingerprint density at radius 2 is 1.86 bits per heavy atom. The number of amidine groups is 1. The molecular weight excluding hydrogens is 557 g/mol. The zero-order chi connectivity index (χ0) is 27.0. The molecule has 2 aliphatic rings. The highest BCUT2D eigenvalue weighted by Crippen LogP contribution is 2.43. The topological polar surface area (TPSA) is 105 Å². The Balaban J connectivity index is 1.68. The number of thioether (sulfide) groups is 1. The number of benzene rings is 2. The zero-order valence-electron chi connectivity index (χ0n) is 20.5. The van der Waals surface area contributed by atoms with E-state index in [9.17, 15) is 18.0 Å². The maximum Gasteiger partial charge on any atom is 0.408 e. The highest BCUT2D eigenvalue weighted by atomic mass is 35.5. The molecule has 12 heteroatoms. The van der Waals surface area contributed by atoms with Gasteiger partial charge in [-0.1, -0.05) is 65.3 Å². The highest BCUT2D eigenvalue weighted by molar-refractivity contribution is 8.16. The van der Waals surface area contributed by atoms with Crippen LogP contribution >= 0.6 is 35.0 Å². The van der Waals surface area contributed by atoms with Gasteiger partial charge in [0.05, 0.1) is 28.3 Å². The predicted molar refractivity (Wildman–Crippen MR) is 149 cm³/mol. The third-order valence-electron chi connectivity index (χ3n) is 5.71. The molecule has 2 aliphatic heterocycles. The minimum atomic E-state index is -3.26. The van der Waals surface area contributed by atoms with Crippen molar-refractivity contribution in [3.05, 3.63) is 64.1 Å². The number of aliphatic imine (C=N–C) groups is 1. The Kier molecular flexibility index (Phi) is 8.13. The monoisotopic (exact) mass is 583 g/mol. The van der Waals surface area contributed by atoms with Crippen molar-refractivity contribution in [2.75, 3.05) is 16.4 Å². The summed E-state index contributed by atoms with van der Waals surface area (Å²) >= 11 is 13.9. The molecule has 37 heavy (non-hydrogen) atoms. The Morgan fingerprint density at radius 3 is 2.54 bits per heavy atom. The molecule has 2 heterocycles. The number of nitrogens with one attached hydrogen (secondary N) is 1. The second-order valence-electron chi connectivity index (χ2n) is 9.89. The summed E-state index contributed by atoms with van der Waals surface area (Å²) in [6.07, 6.45) is -0.543. The smallest absolute Gasteiger partial charge is 0.408 e. The number of alkyl carbamates (subject to hydrolysis) is 1. The molecule has 3 atom stereocenters. The molecule has 0 spiro atoms. The van der Waals surface area contributed by atoms with Crippen molar-refractivity contribution in [1.29, 1.82) is 0 Å². The van der Waals surface area contributed by atoms with Crippen LogP contribution in [0.25, 0.3) is 0 Å². The minimum absolute atomic E-state index is 0.0339. The van der Waals surface area contributed by atoms with E-state index in [2.05, 4.69) is 10.3 Å². The zero-order valence-corrected chi connectivity index (χ0v) is 23.6. The summed E-state index contributed by atoms with van der Waals surface area (Å²) in [5.74, 6) is -0.721. The summed E-state index contributed by atoms with van der Waals surface area (Å²) in [6, 6.07) is 12.6. The molecule has 198 valence electrons. The summed E-state index contributed by atoms with van der Waals surface area (Å²) in [7, 11) is -3.26. The van der Waals surface area contributed by atoms with Crippen LogP contribution in [-0.2, 0) is 25.8 Å². The number of halogens is 2. The fraction of sp³-hybridized carbons (Fsp3) is 0.400. The summed E-state index contributed by atoms with van der Waals surface area (Å²) in [4.78, 5) is 32.1. The van der Waals surface area contributed by atoms with Crippen molar-refractivity contribution in [2.45, 2.75) is 50.1 Å². The van der Waals surface area contributed by atoms with Gasteiger partial charge in [-0.2, -0.15) is 4.99 Å². The molecule has 4 rings (SSSR count). The van der Waals surface area contributed by atoms with Gasteiger partial charge in [-0.25, -0.2) is 13.2 Å². The second-order valence-corrected chi connectivity index (χ2v) is 14.1. The quantitative estimate of drug-likeness (QED) is 0.542. The fourth-order valence-electron chi connectivity index (χ4n) is 4.19. The Bertz CT molecular complexity index is 1330. The van der Waals surface area contributed by atoms with Crippen LogP contribution in [-0.4, -0.2) is 60.0 Å². The van der Waals surface area contributed by atoms with Crippen molar-refractivity contribution in [3.63, 3.8) is 0 Å². The first kappa shape index (κ1) is 27.8. The van der Waals surface area contributed by atoms with E-state index in [-0.39, 0.29) is 23.2 Å². The van der Waals surface area contributed by atoms with Gasteiger partial charge in [-0.05, 0) is 44.5 Å². The summed E-state index contributed by atoms with van der Waals surface area (Å²) in [5, 5.41) is 3.39. The Morgan fingerprint density at radius 1 is 1.16 bits per heavy atom. The molecule has 0 saturated carbocycles. The maximum absolute atomic E-state index is 13.5. The van der Waals surface area contributed by atoms with Gasteiger partial charge in [0, 0.05) is 16.7 Å². The first-order valence-electron chi connectivity index (χ1n) is 11.6. The molecule has 8 nitrogen and oxygen atoms in total. The van der Waals surface area contributed by atoms with Gasteiger partial charge >= 0.3 is 6.09 Å². The number of rotatable bonds is 5. The Labute approximate surface area is 230 Å². The lowest BCUT2D eigenvalue weighted by atomic mass is 10.1. The first-order chi connectivity index (χ1) is 17.3. The first-order valence-corrected chi connectivity index (χ1v) is 15.0. The molecule has 0 aromatic heterocycles. The lowest BCUT2D eigenvalue weighted by Gasteiger charge is -2.26. The number of amides is 2. The SMILES string of the molecule is CC(C)(C)OC(=O)N[C@H](Cc1ccccc1)C(=O)N=C1S[C@@H]2CS(=O)(=O)C[C@@H]2N1c1cc(Cl)ccc1Cl. The Hall–Kier alpha value is -2.27. The molecule has 1 N–H and O–H groups in total. The van der Waals surface area contributed by atoms with Gasteiger partial charge in [0.2, 0.25) is 0 Å². The molecule has 0 radical (unpaired) electrons. The largest absolute Gasteiger partial charge is 0.444 e. The summed E-state index contributed by atoms with van der Waals surface area (Å²) in [5.41, 5.74) is 0.548.